The molecule has 0 saturated heterocycles. The van der Waals surface area contributed by atoms with Crippen LogP contribution in [0, 0.1) is 0 Å². The molecule has 0 aromatic heterocycles. The number of hydrogen-bond acceptors (Lipinski definition) is 4. The minimum absolute atomic E-state index is 0.108. The van der Waals surface area contributed by atoms with Gasteiger partial charge in [0.25, 0.3) is 0 Å². The normalized spacial score (nSPS) is 12.5. The van der Waals surface area contributed by atoms with E-state index < -0.39 is 6.10 Å². The number of aliphatic hydroxyl groups excluding tert-OH is 1. The van der Waals surface area contributed by atoms with Crippen LogP contribution in [0.25, 0.3) is 0 Å². The van der Waals surface area contributed by atoms with E-state index in [0.29, 0.717) is 15.8 Å². The van der Waals surface area contributed by atoms with Gasteiger partial charge in [0.15, 0.2) is 0 Å². The molecule has 0 saturated carbocycles. The first-order valence-corrected chi connectivity index (χ1v) is 5.41. The van der Waals surface area contributed by atoms with Gasteiger partial charge in [-0.15, -0.1) is 0 Å². The Labute approximate surface area is 104 Å². The zero-order chi connectivity index (χ0) is 12.0. The van der Waals surface area contributed by atoms with Gasteiger partial charge in [-0.1, -0.05) is 23.2 Å². The van der Waals surface area contributed by atoms with Gasteiger partial charge in [-0.25, -0.2) is 5.48 Å². The average molecular weight is 266 g/mol. The van der Waals surface area contributed by atoms with Gasteiger partial charge in [0.05, 0.1) is 18.7 Å². The topological polar surface area (TPSA) is 50.7 Å². The highest BCUT2D eigenvalue weighted by Crippen LogP contribution is 2.27. The molecule has 0 bridgehead atoms. The Balaban J connectivity index is 2.44. The molecule has 0 radical (unpaired) electrons. The van der Waals surface area contributed by atoms with Crippen molar-refractivity contribution in [3.63, 3.8) is 0 Å². The van der Waals surface area contributed by atoms with Crippen LogP contribution in [-0.4, -0.2) is 31.5 Å². The second-order valence-electron chi connectivity index (χ2n) is 3.09. The average Bonchev–Trinajstić information content (AvgIpc) is 2.27. The third kappa shape index (κ3) is 4.55. The highest BCUT2D eigenvalue weighted by molar-refractivity contribution is 6.34. The zero-order valence-corrected chi connectivity index (χ0v) is 10.3. The zero-order valence-electron chi connectivity index (χ0n) is 8.74. The van der Waals surface area contributed by atoms with Crippen molar-refractivity contribution < 1.29 is 14.7 Å². The Morgan fingerprint density at radius 2 is 2.19 bits per heavy atom. The highest BCUT2D eigenvalue weighted by Gasteiger charge is 2.07. The third-order valence-electron chi connectivity index (χ3n) is 1.79. The molecule has 0 amide bonds. The van der Waals surface area contributed by atoms with Gasteiger partial charge in [0.1, 0.15) is 18.5 Å². The number of halogens is 2. The molecule has 1 rings (SSSR count). The molecule has 0 aliphatic rings. The number of nitrogens with one attached hydrogen (secondary N) is 1. The predicted octanol–water partition coefficient (Wildman–Crippen LogP) is 1.88. The fraction of sp³-hybridized carbons (Fsp3) is 0.400. The van der Waals surface area contributed by atoms with Crippen LogP contribution in [-0.2, 0) is 4.84 Å². The smallest absolute Gasteiger partial charge is 0.139 e. The second kappa shape index (κ2) is 6.93. The first-order valence-electron chi connectivity index (χ1n) is 4.65. The molecule has 0 spiro atoms. The number of rotatable bonds is 6. The molecule has 90 valence electrons. The number of benzene rings is 1. The summed E-state index contributed by atoms with van der Waals surface area (Å²) in [5.41, 5.74) is 2.52. The van der Waals surface area contributed by atoms with Crippen LogP contribution in [0.2, 0.25) is 10.0 Å². The van der Waals surface area contributed by atoms with Crippen molar-refractivity contribution in [1.29, 1.82) is 0 Å². The van der Waals surface area contributed by atoms with Crippen molar-refractivity contribution in [1.82, 2.24) is 5.48 Å². The maximum Gasteiger partial charge on any atom is 0.139 e. The van der Waals surface area contributed by atoms with Crippen molar-refractivity contribution in [2.75, 3.05) is 20.3 Å². The SMILES string of the molecule is CONCC(O)COc1cc(Cl)ccc1Cl. The molecule has 0 heterocycles. The quantitative estimate of drug-likeness (QED) is 0.772. The Morgan fingerprint density at radius 3 is 2.88 bits per heavy atom. The Hall–Kier alpha value is -0.520. The molecule has 6 heteroatoms. The molecule has 2 N–H and O–H groups in total. The number of hydrogen-bond donors (Lipinski definition) is 2. The molecule has 1 aromatic carbocycles. The lowest BCUT2D eigenvalue weighted by Crippen LogP contribution is -2.30. The first-order chi connectivity index (χ1) is 7.63. The van der Waals surface area contributed by atoms with Crippen LogP contribution in [0.3, 0.4) is 0 Å². The predicted molar refractivity (Wildman–Crippen MR) is 63.0 cm³/mol. The van der Waals surface area contributed by atoms with Crippen molar-refractivity contribution >= 4 is 23.2 Å². The molecule has 16 heavy (non-hydrogen) atoms. The van der Waals surface area contributed by atoms with Gasteiger partial charge in [0.2, 0.25) is 0 Å². The molecule has 1 unspecified atom stereocenters. The Morgan fingerprint density at radius 1 is 1.44 bits per heavy atom. The maximum atomic E-state index is 9.46. The van der Waals surface area contributed by atoms with Gasteiger partial charge in [-0.05, 0) is 12.1 Å². The van der Waals surface area contributed by atoms with Crippen LogP contribution in [0.1, 0.15) is 0 Å². The molecular formula is C10H13Cl2NO3. The van der Waals surface area contributed by atoms with Gasteiger partial charge in [-0.3, -0.25) is 0 Å². The summed E-state index contributed by atoms with van der Waals surface area (Å²) in [5, 5.41) is 10.4. The molecule has 1 aromatic rings. The summed E-state index contributed by atoms with van der Waals surface area (Å²) in [6.07, 6.45) is -0.685. The van der Waals surface area contributed by atoms with E-state index in [4.69, 9.17) is 27.9 Å². The summed E-state index contributed by atoms with van der Waals surface area (Å²) >= 11 is 11.7. The van der Waals surface area contributed by atoms with E-state index in [1.165, 1.54) is 7.11 Å². The number of ether oxygens (including phenoxy) is 1. The minimum atomic E-state index is -0.685. The van der Waals surface area contributed by atoms with E-state index >= 15 is 0 Å². The minimum Gasteiger partial charge on any atom is -0.489 e. The van der Waals surface area contributed by atoms with E-state index in [2.05, 4.69) is 10.3 Å². The van der Waals surface area contributed by atoms with Crippen molar-refractivity contribution in [3.05, 3.63) is 28.2 Å². The van der Waals surface area contributed by atoms with Gasteiger partial charge >= 0.3 is 0 Å². The van der Waals surface area contributed by atoms with E-state index in [0.717, 1.165) is 0 Å². The third-order valence-corrected chi connectivity index (χ3v) is 2.34. The van der Waals surface area contributed by atoms with E-state index in [9.17, 15) is 5.11 Å². The molecule has 0 aliphatic carbocycles. The summed E-state index contributed by atoms with van der Waals surface area (Å²) < 4.78 is 5.31. The number of hydroxylamine groups is 1. The van der Waals surface area contributed by atoms with Crippen LogP contribution >= 0.6 is 23.2 Å². The van der Waals surface area contributed by atoms with Gasteiger partial charge < -0.3 is 14.7 Å². The van der Waals surface area contributed by atoms with Crippen molar-refractivity contribution in [2.45, 2.75) is 6.10 Å². The van der Waals surface area contributed by atoms with Crippen LogP contribution in [0.5, 0.6) is 5.75 Å². The van der Waals surface area contributed by atoms with Gasteiger partial charge in [-0.2, -0.15) is 0 Å². The Kier molecular flexibility index (Phi) is 5.87. The van der Waals surface area contributed by atoms with Crippen molar-refractivity contribution in [2.24, 2.45) is 0 Å². The van der Waals surface area contributed by atoms with E-state index in [1.54, 1.807) is 18.2 Å². The van der Waals surface area contributed by atoms with E-state index in [1.807, 2.05) is 0 Å². The summed E-state index contributed by atoms with van der Waals surface area (Å²) in [5.74, 6) is 0.450. The summed E-state index contributed by atoms with van der Waals surface area (Å²) in [6, 6.07) is 4.90. The highest BCUT2D eigenvalue weighted by atomic mass is 35.5. The molecule has 1 atom stereocenters. The lowest BCUT2D eigenvalue weighted by atomic mass is 10.3. The second-order valence-corrected chi connectivity index (χ2v) is 3.94. The summed E-state index contributed by atoms with van der Waals surface area (Å²) in [7, 11) is 1.47. The lowest BCUT2D eigenvalue weighted by Gasteiger charge is -2.13. The summed E-state index contributed by atoms with van der Waals surface area (Å²) in [4.78, 5) is 4.59. The summed E-state index contributed by atoms with van der Waals surface area (Å²) in [6.45, 7) is 0.380. The van der Waals surface area contributed by atoms with Crippen LogP contribution in [0.15, 0.2) is 18.2 Å². The van der Waals surface area contributed by atoms with Gasteiger partial charge in [0, 0.05) is 11.1 Å². The molecule has 0 fully saturated rings. The number of aliphatic hydroxyl groups is 1. The Bertz CT molecular complexity index is 336. The van der Waals surface area contributed by atoms with Crippen molar-refractivity contribution in [3.8, 4) is 5.75 Å². The first kappa shape index (κ1) is 13.5. The standard InChI is InChI=1S/C10H13Cl2NO3/c1-15-13-5-8(14)6-16-10-4-7(11)2-3-9(10)12/h2-4,8,13-14H,5-6H2,1H3. The lowest BCUT2D eigenvalue weighted by molar-refractivity contribution is 0.0322. The fourth-order valence-corrected chi connectivity index (χ4v) is 1.35. The maximum absolute atomic E-state index is 9.46. The largest absolute Gasteiger partial charge is 0.489 e. The molecule has 0 aliphatic heterocycles. The fourth-order valence-electron chi connectivity index (χ4n) is 1.01. The van der Waals surface area contributed by atoms with Crippen LogP contribution in [0.4, 0.5) is 0 Å². The molecular weight excluding hydrogens is 253 g/mol. The monoisotopic (exact) mass is 265 g/mol. The molecule has 4 nitrogen and oxygen atoms in total. The van der Waals surface area contributed by atoms with E-state index in [-0.39, 0.29) is 13.2 Å². The van der Waals surface area contributed by atoms with Crippen LogP contribution < -0.4 is 10.2 Å².